The van der Waals surface area contributed by atoms with E-state index in [1.54, 1.807) is 0 Å². The molecule has 10 heteroatoms. The molecule has 0 saturated heterocycles. The number of oxazole rings is 2. The molecule has 2 aromatic heterocycles. The van der Waals surface area contributed by atoms with Crippen molar-refractivity contribution >= 4 is 58.6 Å². The monoisotopic (exact) mass is 586 g/mol. The number of benzene rings is 4. The van der Waals surface area contributed by atoms with Crippen LogP contribution < -0.4 is 9.47 Å². The van der Waals surface area contributed by atoms with Crippen LogP contribution in [0.25, 0.3) is 22.2 Å². The van der Waals surface area contributed by atoms with Crippen LogP contribution in [0, 0.1) is 0 Å². The SMILES string of the molecule is Brc1ccc(OCc2ccccc2)c2ncoc12.[B]=NS.c1ccc(COc2cccc3ocnc23)cc1. The normalized spacial score (nSPS) is 10.1. The van der Waals surface area contributed by atoms with Crippen molar-refractivity contribution in [2.45, 2.75) is 13.2 Å². The number of fused-ring (bicyclic) bond motifs is 2. The molecule has 1 radical (unpaired) electrons. The van der Waals surface area contributed by atoms with Crippen LogP contribution in [-0.2, 0) is 13.2 Å². The van der Waals surface area contributed by atoms with Crippen molar-refractivity contribution in [2.75, 3.05) is 0 Å². The molecule has 38 heavy (non-hydrogen) atoms. The molecule has 189 valence electrons. The zero-order valence-electron chi connectivity index (χ0n) is 20.1. The standard InChI is InChI=1S/C14H10BrNO2.C14H11NO2.BHNS/c15-11-6-7-12(13-14(11)18-9-16-13)17-8-10-4-2-1-3-5-10;1-2-5-11(6-3-1)9-16-12-7-4-8-13-14(12)15-10-17-13;1-2-3/h1-7,9H,8H2;1-8,10H,9H2;3H. The summed E-state index contributed by atoms with van der Waals surface area (Å²) in [6.07, 6.45) is 2.85. The molecule has 6 rings (SSSR count). The first kappa shape index (κ1) is 27.2. The van der Waals surface area contributed by atoms with Gasteiger partial charge in [-0.05, 0) is 51.3 Å². The summed E-state index contributed by atoms with van der Waals surface area (Å²) in [5.41, 5.74) is 5.21. The Morgan fingerprint density at radius 2 is 1.26 bits per heavy atom. The number of ether oxygens (including phenoxy) is 2. The summed E-state index contributed by atoms with van der Waals surface area (Å²) in [4.78, 5) is 8.31. The van der Waals surface area contributed by atoms with E-state index in [4.69, 9.17) is 18.3 Å². The van der Waals surface area contributed by atoms with Crippen LogP contribution in [0.1, 0.15) is 11.1 Å². The van der Waals surface area contributed by atoms with E-state index < -0.39 is 0 Å². The minimum atomic E-state index is 0.518. The van der Waals surface area contributed by atoms with Crippen LogP contribution in [0.4, 0.5) is 0 Å². The quantitative estimate of drug-likeness (QED) is 0.159. The van der Waals surface area contributed by atoms with Crippen LogP contribution in [0.5, 0.6) is 11.5 Å². The Kier molecular flexibility index (Phi) is 10.1. The first-order valence-corrected chi connectivity index (χ1v) is 12.6. The molecule has 0 amide bonds. The molecule has 0 aliphatic rings. The number of hydrogen-bond donors (Lipinski definition) is 1. The van der Waals surface area contributed by atoms with Gasteiger partial charge in [0.1, 0.15) is 24.7 Å². The number of hydrogen-bond acceptors (Lipinski definition) is 8. The van der Waals surface area contributed by atoms with Gasteiger partial charge < -0.3 is 18.3 Å². The van der Waals surface area contributed by atoms with E-state index in [2.05, 4.69) is 50.7 Å². The van der Waals surface area contributed by atoms with E-state index in [1.165, 1.54) is 12.8 Å². The van der Waals surface area contributed by atoms with Gasteiger partial charge in [0.2, 0.25) is 0 Å². The van der Waals surface area contributed by atoms with E-state index in [0.717, 1.165) is 43.7 Å². The minimum Gasteiger partial charge on any atom is -0.486 e. The smallest absolute Gasteiger partial charge is 0.182 e. The molecule has 0 spiro atoms. The second kappa shape index (κ2) is 14.2. The number of aromatic nitrogens is 2. The van der Waals surface area contributed by atoms with Crippen LogP contribution in [0.3, 0.4) is 0 Å². The molecule has 0 aliphatic heterocycles. The molecule has 0 unspecified atom stereocenters. The number of nitrogens with zero attached hydrogens (tertiary/aromatic N) is 3. The first-order valence-electron chi connectivity index (χ1n) is 11.4. The predicted octanol–water partition coefficient (Wildman–Crippen LogP) is 7.76. The average Bonchev–Trinajstić information content (AvgIpc) is 3.65. The summed E-state index contributed by atoms with van der Waals surface area (Å²) in [5, 5.41) is 0. The third kappa shape index (κ3) is 7.33. The fourth-order valence-electron chi connectivity index (χ4n) is 3.46. The van der Waals surface area contributed by atoms with Gasteiger partial charge in [0.05, 0.1) is 4.47 Å². The summed E-state index contributed by atoms with van der Waals surface area (Å²) < 4.78 is 25.6. The number of thiol groups is 1. The molecule has 0 fully saturated rings. The van der Waals surface area contributed by atoms with Gasteiger partial charge in [-0.25, -0.2) is 9.97 Å². The minimum absolute atomic E-state index is 0.518. The first-order chi connectivity index (χ1) is 18.7. The average molecular weight is 587 g/mol. The Morgan fingerprint density at radius 1 is 0.711 bits per heavy atom. The molecule has 2 heterocycles. The van der Waals surface area contributed by atoms with Gasteiger partial charge in [-0.2, -0.15) is 0 Å². The Labute approximate surface area is 234 Å². The molecule has 0 saturated carbocycles. The van der Waals surface area contributed by atoms with Gasteiger partial charge in [0.15, 0.2) is 35.0 Å². The van der Waals surface area contributed by atoms with E-state index in [1.807, 2.05) is 91.0 Å². The molecule has 7 nitrogen and oxygen atoms in total. The maximum Gasteiger partial charge on any atom is 0.182 e. The molecule has 0 N–H and O–H groups in total. The van der Waals surface area contributed by atoms with Gasteiger partial charge in [-0.1, -0.05) is 66.7 Å². The summed E-state index contributed by atoms with van der Waals surface area (Å²) in [6.45, 7) is 1.05. The van der Waals surface area contributed by atoms with E-state index in [-0.39, 0.29) is 0 Å². The van der Waals surface area contributed by atoms with Gasteiger partial charge in [-0.3, -0.25) is 0 Å². The number of para-hydroxylation sites is 1. The summed E-state index contributed by atoms with van der Waals surface area (Å²) in [5.74, 6) is 1.48. The van der Waals surface area contributed by atoms with E-state index >= 15 is 0 Å². The van der Waals surface area contributed by atoms with Gasteiger partial charge >= 0.3 is 24.8 Å². The Balaban J connectivity index is 0.000000161. The van der Waals surface area contributed by atoms with Crippen molar-refractivity contribution in [3.05, 3.63) is 119 Å². The molecular formula is C28H22BBrN3O4S. The van der Waals surface area contributed by atoms with Crippen LogP contribution in [-0.4, -0.2) is 17.6 Å². The second-order valence-electron chi connectivity index (χ2n) is 7.69. The largest absolute Gasteiger partial charge is 0.486 e. The summed E-state index contributed by atoms with van der Waals surface area (Å²) in [7, 11) is 4.34. The van der Waals surface area contributed by atoms with Crippen molar-refractivity contribution in [3.8, 4) is 11.5 Å². The molecular weight excluding hydrogens is 565 g/mol. The zero-order valence-corrected chi connectivity index (χ0v) is 22.6. The van der Waals surface area contributed by atoms with Crippen molar-refractivity contribution in [1.29, 1.82) is 0 Å². The van der Waals surface area contributed by atoms with Gasteiger partial charge in [0, 0.05) is 0 Å². The van der Waals surface area contributed by atoms with Crippen LogP contribution in [0.2, 0.25) is 0 Å². The van der Waals surface area contributed by atoms with Crippen molar-refractivity contribution in [3.63, 3.8) is 0 Å². The van der Waals surface area contributed by atoms with Gasteiger partial charge in [-0.15, -0.1) is 0 Å². The molecule has 0 atom stereocenters. The Hall–Kier alpha value is -3.89. The Bertz CT molecular complexity index is 1580. The van der Waals surface area contributed by atoms with Gasteiger partial charge in [0.25, 0.3) is 0 Å². The molecule has 4 aromatic carbocycles. The maximum atomic E-state index is 5.78. The summed E-state index contributed by atoms with van der Waals surface area (Å²) in [6, 6.07) is 29.5. The molecule has 0 aliphatic carbocycles. The topological polar surface area (TPSA) is 82.9 Å². The maximum absolute atomic E-state index is 5.78. The second-order valence-corrected chi connectivity index (χ2v) is 8.78. The predicted molar refractivity (Wildman–Crippen MR) is 154 cm³/mol. The van der Waals surface area contributed by atoms with Crippen molar-refractivity contribution < 1.29 is 18.3 Å². The van der Waals surface area contributed by atoms with Crippen LogP contribution >= 0.6 is 28.7 Å². The fourth-order valence-corrected chi connectivity index (χ4v) is 3.87. The third-order valence-corrected chi connectivity index (χ3v) is 5.82. The molecule has 6 aromatic rings. The van der Waals surface area contributed by atoms with Crippen molar-refractivity contribution in [1.82, 2.24) is 9.97 Å². The van der Waals surface area contributed by atoms with Crippen molar-refractivity contribution in [2.24, 2.45) is 4.30 Å². The number of halogens is 1. The van der Waals surface area contributed by atoms with E-state index in [9.17, 15) is 0 Å². The van der Waals surface area contributed by atoms with Crippen LogP contribution in [0.15, 0.2) is 121 Å². The Morgan fingerprint density at radius 3 is 1.89 bits per heavy atom. The molecule has 0 bridgehead atoms. The van der Waals surface area contributed by atoms with E-state index in [0.29, 0.717) is 18.8 Å². The summed E-state index contributed by atoms with van der Waals surface area (Å²) >= 11 is 6.61. The zero-order chi connectivity index (χ0) is 26.6. The number of rotatable bonds is 6. The fraction of sp³-hybridized carbons (Fsp3) is 0.0714. The third-order valence-electron chi connectivity index (χ3n) is 5.20.